The number of rotatable bonds is 10. The van der Waals surface area contributed by atoms with Crippen molar-refractivity contribution in [3.05, 3.63) is 70.0 Å². The predicted octanol–water partition coefficient (Wildman–Crippen LogP) is 6.72. The lowest BCUT2D eigenvalue weighted by molar-refractivity contribution is 0.0507. The quantitative estimate of drug-likeness (QED) is 0.266. The van der Waals surface area contributed by atoms with E-state index in [4.69, 9.17) is 14.2 Å². The molecule has 0 atom stereocenters. The van der Waals surface area contributed by atoms with Gasteiger partial charge in [-0.3, -0.25) is 4.68 Å². The van der Waals surface area contributed by atoms with Crippen molar-refractivity contribution >= 4 is 28.0 Å². The first-order valence-electron chi connectivity index (χ1n) is 12.7. The van der Waals surface area contributed by atoms with Gasteiger partial charge in [-0.05, 0) is 78.4 Å². The van der Waals surface area contributed by atoms with Crippen molar-refractivity contribution in [3.63, 3.8) is 0 Å². The summed E-state index contributed by atoms with van der Waals surface area (Å²) in [5.41, 5.74) is 3.37. The number of nitrogens with one attached hydrogen (secondary N) is 1. The van der Waals surface area contributed by atoms with Crippen LogP contribution in [0.25, 0.3) is 11.1 Å². The van der Waals surface area contributed by atoms with E-state index in [-0.39, 0.29) is 18.8 Å². The number of aromatic nitrogens is 2. The van der Waals surface area contributed by atoms with E-state index in [0.717, 1.165) is 11.1 Å². The molecule has 0 aliphatic heterocycles. The van der Waals surface area contributed by atoms with Crippen LogP contribution in [0.3, 0.4) is 0 Å². The Hall–Kier alpha value is -3.33. The monoisotopic (exact) mass is 585 g/mol. The van der Waals surface area contributed by atoms with Gasteiger partial charge in [0.15, 0.2) is 5.69 Å². The van der Waals surface area contributed by atoms with Crippen LogP contribution >= 0.6 is 15.9 Å². The van der Waals surface area contributed by atoms with E-state index in [1.54, 1.807) is 32.4 Å². The van der Waals surface area contributed by atoms with Gasteiger partial charge in [0.05, 0.1) is 13.2 Å². The number of carbonyl (C=O) groups is 2. The number of hydrogen-bond acceptors (Lipinski definition) is 6. The fourth-order valence-corrected chi connectivity index (χ4v) is 4.32. The van der Waals surface area contributed by atoms with Gasteiger partial charge in [-0.15, -0.1) is 0 Å². The number of hydrogen-bond donors (Lipinski definition) is 1. The lowest BCUT2D eigenvalue weighted by Crippen LogP contribution is -2.34. The summed E-state index contributed by atoms with van der Waals surface area (Å²) < 4.78 is 18.7. The molecule has 3 aromatic rings. The number of carbonyl (C=O) groups excluding carboxylic acids is 2. The van der Waals surface area contributed by atoms with E-state index in [2.05, 4.69) is 64.5 Å². The molecule has 1 aromatic heterocycles. The SMILES string of the molecule is CCOC(=O)c1nn(CCNC(=O)OC(C)(C)C)c(Br)c1-c1ccc(OCc2ccc(C(C)C)cc2)cc1. The Morgan fingerprint density at radius 2 is 1.71 bits per heavy atom. The van der Waals surface area contributed by atoms with E-state index < -0.39 is 17.7 Å². The first-order valence-corrected chi connectivity index (χ1v) is 13.5. The van der Waals surface area contributed by atoms with Gasteiger partial charge in [0.25, 0.3) is 0 Å². The van der Waals surface area contributed by atoms with Gasteiger partial charge >= 0.3 is 12.1 Å². The number of ether oxygens (including phenoxy) is 3. The third-order valence-corrected chi connectivity index (χ3v) is 6.35. The summed E-state index contributed by atoms with van der Waals surface area (Å²) in [6.07, 6.45) is -0.516. The number of halogens is 1. The van der Waals surface area contributed by atoms with Crippen molar-refractivity contribution in [1.82, 2.24) is 15.1 Å². The molecule has 8 nitrogen and oxygen atoms in total. The molecule has 0 saturated carbocycles. The lowest BCUT2D eigenvalue weighted by atomic mass is 10.0. The zero-order valence-corrected chi connectivity index (χ0v) is 24.4. The molecule has 1 N–H and O–H groups in total. The Morgan fingerprint density at radius 1 is 1.05 bits per heavy atom. The summed E-state index contributed by atoms with van der Waals surface area (Å²) in [5.74, 6) is 0.679. The van der Waals surface area contributed by atoms with Crippen molar-refractivity contribution < 1.29 is 23.8 Å². The highest BCUT2D eigenvalue weighted by Crippen LogP contribution is 2.33. The Bertz CT molecular complexity index is 1230. The van der Waals surface area contributed by atoms with Gasteiger partial charge in [-0.25, -0.2) is 9.59 Å². The zero-order valence-electron chi connectivity index (χ0n) is 22.8. The highest BCUT2D eigenvalue weighted by atomic mass is 79.9. The van der Waals surface area contributed by atoms with E-state index in [0.29, 0.717) is 35.0 Å². The van der Waals surface area contributed by atoms with Crippen LogP contribution in [-0.4, -0.2) is 40.6 Å². The maximum Gasteiger partial charge on any atom is 0.407 e. The zero-order chi connectivity index (χ0) is 27.9. The van der Waals surface area contributed by atoms with E-state index in [9.17, 15) is 9.59 Å². The molecule has 1 heterocycles. The summed E-state index contributed by atoms with van der Waals surface area (Å²) in [6, 6.07) is 15.9. The van der Waals surface area contributed by atoms with Gasteiger partial charge in [-0.1, -0.05) is 50.2 Å². The van der Waals surface area contributed by atoms with Gasteiger partial charge in [0, 0.05) is 12.1 Å². The molecule has 0 bridgehead atoms. The van der Waals surface area contributed by atoms with Crippen LogP contribution in [0.1, 0.15) is 69.1 Å². The first kappa shape index (κ1) is 29.2. The fourth-order valence-electron chi connectivity index (χ4n) is 3.65. The standard InChI is InChI=1S/C29H36BrN3O5/c1-7-36-27(34)25-24(26(30)33(32-25)17-16-31-28(35)38-29(4,5)6)22-12-14-23(15-13-22)37-18-20-8-10-21(11-9-20)19(2)3/h8-15,19H,7,16-18H2,1-6H3,(H,31,35). The summed E-state index contributed by atoms with van der Waals surface area (Å²) in [5, 5.41) is 7.17. The minimum Gasteiger partial charge on any atom is -0.489 e. The van der Waals surface area contributed by atoms with Crippen molar-refractivity contribution in [2.24, 2.45) is 0 Å². The van der Waals surface area contributed by atoms with Crippen LogP contribution < -0.4 is 10.1 Å². The number of esters is 1. The molecule has 0 aliphatic carbocycles. The Balaban J connectivity index is 1.73. The molecule has 0 unspecified atom stereocenters. The second-order valence-corrected chi connectivity index (χ2v) is 10.8. The summed E-state index contributed by atoms with van der Waals surface area (Å²) >= 11 is 3.59. The molecule has 0 radical (unpaired) electrons. The topological polar surface area (TPSA) is 91.7 Å². The summed E-state index contributed by atoms with van der Waals surface area (Å²) in [6.45, 7) is 12.8. The van der Waals surface area contributed by atoms with Crippen LogP contribution in [0.15, 0.2) is 53.1 Å². The average molecular weight is 587 g/mol. The number of alkyl carbamates (subject to hydrolysis) is 1. The Kier molecular flexibility index (Phi) is 9.96. The van der Waals surface area contributed by atoms with Crippen LogP contribution in [0, 0.1) is 0 Å². The Labute approximate surface area is 232 Å². The van der Waals surface area contributed by atoms with Crippen LogP contribution in [0.5, 0.6) is 5.75 Å². The normalized spacial score (nSPS) is 11.4. The third kappa shape index (κ3) is 8.08. The molecule has 0 aliphatic rings. The second kappa shape index (κ2) is 13.0. The van der Waals surface area contributed by atoms with Crippen molar-refractivity contribution in [1.29, 1.82) is 0 Å². The number of amides is 1. The van der Waals surface area contributed by atoms with Crippen molar-refractivity contribution in [2.45, 2.75) is 66.2 Å². The number of benzene rings is 2. The van der Waals surface area contributed by atoms with E-state index >= 15 is 0 Å². The lowest BCUT2D eigenvalue weighted by Gasteiger charge is -2.19. The number of nitrogens with zero attached hydrogens (tertiary/aromatic N) is 2. The first-order chi connectivity index (χ1) is 18.0. The molecule has 38 heavy (non-hydrogen) atoms. The molecule has 0 fully saturated rings. The van der Waals surface area contributed by atoms with Crippen LogP contribution in [-0.2, 0) is 22.6 Å². The summed E-state index contributed by atoms with van der Waals surface area (Å²) in [7, 11) is 0. The van der Waals surface area contributed by atoms with Crippen LogP contribution in [0.4, 0.5) is 4.79 Å². The molecule has 9 heteroatoms. The predicted molar refractivity (Wildman–Crippen MR) is 150 cm³/mol. The summed E-state index contributed by atoms with van der Waals surface area (Å²) in [4.78, 5) is 24.7. The molecule has 0 spiro atoms. The van der Waals surface area contributed by atoms with Crippen molar-refractivity contribution in [2.75, 3.05) is 13.2 Å². The molecule has 2 aromatic carbocycles. The highest BCUT2D eigenvalue weighted by molar-refractivity contribution is 9.10. The van der Waals surface area contributed by atoms with Crippen molar-refractivity contribution in [3.8, 4) is 16.9 Å². The third-order valence-electron chi connectivity index (χ3n) is 5.55. The smallest absolute Gasteiger partial charge is 0.407 e. The highest BCUT2D eigenvalue weighted by Gasteiger charge is 2.24. The van der Waals surface area contributed by atoms with Gasteiger partial charge in [0.2, 0.25) is 0 Å². The van der Waals surface area contributed by atoms with E-state index in [1.807, 2.05) is 24.3 Å². The average Bonchev–Trinajstić information content (AvgIpc) is 3.18. The maximum atomic E-state index is 12.7. The minimum atomic E-state index is -0.588. The van der Waals surface area contributed by atoms with Gasteiger partial charge in [0.1, 0.15) is 22.6 Å². The molecule has 1 amide bonds. The molecular formula is C29H36BrN3O5. The molecule has 204 valence electrons. The maximum absolute atomic E-state index is 12.7. The van der Waals surface area contributed by atoms with E-state index in [1.165, 1.54) is 5.56 Å². The van der Waals surface area contributed by atoms with Gasteiger partial charge in [-0.2, -0.15) is 5.10 Å². The van der Waals surface area contributed by atoms with Crippen LogP contribution in [0.2, 0.25) is 0 Å². The fraction of sp³-hybridized carbons (Fsp3) is 0.414. The largest absolute Gasteiger partial charge is 0.489 e. The molecule has 0 saturated heterocycles. The minimum absolute atomic E-state index is 0.190. The second-order valence-electron chi connectivity index (χ2n) is 10.1. The van der Waals surface area contributed by atoms with Gasteiger partial charge < -0.3 is 19.5 Å². The molecular weight excluding hydrogens is 550 g/mol. The molecule has 3 rings (SSSR count). The Morgan fingerprint density at radius 3 is 2.29 bits per heavy atom.